The summed E-state index contributed by atoms with van der Waals surface area (Å²) in [7, 11) is 17.7. The predicted molar refractivity (Wildman–Crippen MR) is 73.7 cm³/mol. The van der Waals surface area contributed by atoms with Crippen molar-refractivity contribution in [3.05, 3.63) is 45.2 Å². The average Bonchev–Trinajstić information content (AvgIpc) is 2.78. The molecule has 2 heterocycles. The number of nitrogens with zero attached hydrogens (tertiary/aromatic N) is 4. The molecule has 4 nitrogen and oxygen atoms in total. The van der Waals surface area contributed by atoms with Crippen LogP contribution in [0.4, 0.5) is 0 Å². The molecule has 0 amide bonds. The Morgan fingerprint density at radius 3 is 1.63 bits per heavy atom. The molecule has 0 unspecified atom stereocenters. The molecule has 0 fully saturated rings. The minimum atomic E-state index is -0.346. The maximum atomic E-state index is 4.85. The molecule has 1 aromatic rings. The Bertz CT molecular complexity index is 307. The summed E-state index contributed by atoms with van der Waals surface area (Å²) in [5.41, 5.74) is 0. The van der Waals surface area contributed by atoms with E-state index >= 15 is 0 Å². The van der Waals surface area contributed by atoms with Gasteiger partial charge in [-0.05, 0) is 26.5 Å². The van der Waals surface area contributed by atoms with Crippen molar-refractivity contribution in [3.63, 3.8) is 0 Å². The van der Waals surface area contributed by atoms with E-state index in [0.717, 1.165) is 0 Å². The van der Waals surface area contributed by atoms with Crippen LogP contribution in [0.15, 0.2) is 31.1 Å². The van der Waals surface area contributed by atoms with Crippen LogP contribution >= 0.6 is 19.4 Å². The van der Waals surface area contributed by atoms with Crippen LogP contribution in [0.2, 0.25) is 0 Å². The molecule has 1 aliphatic rings. The van der Waals surface area contributed by atoms with E-state index in [2.05, 4.69) is 0 Å². The van der Waals surface area contributed by atoms with Gasteiger partial charge in [0.25, 0.3) is 0 Å². The first-order valence-electron chi connectivity index (χ1n) is 4.79. The standard InChI is InChI=1S/2C5H9N2.CH3.3ClH.Ru/c2*1-6-3-4-7(2)5-6;;;;;/h2*3-5H,1-2H3;1H3;3*1H;/q-1;+1;-1;;;;+4/p-3. The van der Waals surface area contributed by atoms with Crippen molar-refractivity contribution in [2.24, 2.45) is 14.1 Å². The first-order chi connectivity index (χ1) is 7.99. The Kier molecular flexibility index (Phi) is 18.3. The van der Waals surface area contributed by atoms with Crippen LogP contribution in [0.5, 0.6) is 0 Å². The normalized spacial score (nSPS) is 11.5. The van der Waals surface area contributed by atoms with Crippen LogP contribution in [0.1, 0.15) is 0 Å². The molecule has 0 aromatic carbocycles. The van der Waals surface area contributed by atoms with Crippen LogP contribution in [-0.2, 0) is 29.2 Å². The van der Waals surface area contributed by atoms with Gasteiger partial charge in [-0.25, -0.2) is 9.13 Å². The van der Waals surface area contributed by atoms with Gasteiger partial charge < -0.3 is 29.6 Å². The minimum absolute atomic E-state index is 0. The molecule has 0 saturated carbocycles. The third kappa shape index (κ3) is 14.3. The van der Waals surface area contributed by atoms with Gasteiger partial charge in [0.15, 0.2) is 0 Å². The van der Waals surface area contributed by atoms with Gasteiger partial charge in [0.2, 0.25) is 6.33 Å². The fourth-order valence-corrected chi connectivity index (χ4v) is 1.15. The molecule has 0 saturated heterocycles. The summed E-state index contributed by atoms with van der Waals surface area (Å²) in [5.74, 6) is 0. The Balaban J connectivity index is -0.000000207. The zero-order valence-corrected chi connectivity index (χ0v) is 15.7. The maximum absolute atomic E-state index is 4.85. The number of imidazole rings is 1. The average molecular weight is 417 g/mol. The molecular formula is C11H21Cl3N4Ru. The molecule has 19 heavy (non-hydrogen) atoms. The molecule has 0 spiro atoms. The number of hydrogen-bond donors (Lipinski definition) is 0. The summed E-state index contributed by atoms with van der Waals surface area (Å²) in [4.78, 5) is 4.00. The fourth-order valence-electron chi connectivity index (χ4n) is 1.15. The van der Waals surface area contributed by atoms with E-state index < -0.39 is 0 Å². The van der Waals surface area contributed by atoms with E-state index in [0.29, 0.717) is 0 Å². The van der Waals surface area contributed by atoms with Gasteiger partial charge in [-0.3, -0.25) is 0 Å². The fraction of sp³-hybridized carbons (Fsp3) is 0.364. The Hall–Kier alpha value is 0.0434. The van der Waals surface area contributed by atoms with Gasteiger partial charge >= 0.3 is 34.5 Å². The third-order valence-electron chi connectivity index (χ3n) is 1.80. The molecule has 0 aliphatic carbocycles. The monoisotopic (exact) mass is 416 g/mol. The van der Waals surface area contributed by atoms with Crippen molar-refractivity contribution in [3.8, 4) is 0 Å². The van der Waals surface area contributed by atoms with Crippen LogP contribution in [0.3, 0.4) is 0 Å². The molecule has 1 aromatic heterocycles. The van der Waals surface area contributed by atoms with E-state index in [1.165, 1.54) is 0 Å². The second kappa shape index (κ2) is 14.5. The summed E-state index contributed by atoms with van der Waals surface area (Å²) in [6, 6.07) is 0. The van der Waals surface area contributed by atoms with Crippen molar-refractivity contribution < 1.29 is 32.1 Å². The molecule has 0 atom stereocenters. The second-order valence-corrected chi connectivity index (χ2v) is 6.18. The molecular weight excluding hydrogens is 396 g/mol. The van der Waals surface area contributed by atoms with Crippen LogP contribution in [-0.4, -0.2) is 28.5 Å². The van der Waals surface area contributed by atoms with E-state index in [1.807, 2.05) is 84.9 Å². The topological polar surface area (TPSA) is 15.3 Å². The van der Waals surface area contributed by atoms with E-state index in [9.17, 15) is 0 Å². The second-order valence-electron chi connectivity index (χ2n) is 3.54. The number of aryl methyl sites for hydroxylation is 2. The van der Waals surface area contributed by atoms with Crippen molar-refractivity contribution in [1.29, 1.82) is 0 Å². The first kappa shape index (κ1) is 24.1. The quantitative estimate of drug-likeness (QED) is 0.311. The van der Waals surface area contributed by atoms with Crippen LogP contribution in [0.25, 0.3) is 0 Å². The summed E-state index contributed by atoms with van der Waals surface area (Å²) in [5, 5.41) is 0. The van der Waals surface area contributed by atoms with Gasteiger partial charge in [0.05, 0.1) is 14.1 Å². The first-order valence-corrected chi connectivity index (χ1v) is 9.26. The van der Waals surface area contributed by atoms with Crippen molar-refractivity contribution in [2.75, 3.05) is 14.1 Å². The summed E-state index contributed by atoms with van der Waals surface area (Å²) >= 11 is -0.346. The Morgan fingerprint density at radius 2 is 1.53 bits per heavy atom. The number of aromatic nitrogens is 2. The van der Waals surface area contributed by atoms with Crippen molar-refractivity contribution in [2.45, 2.75) is 0 Å². The molecule has 0 N–H and O–H groups in total. The molecule has 114 valence electrons. The van der Waals surface area contributed by atoms with Crippen LogP contribution < -0.4 is 17.0 Å². The van der Waals surface area contributed by atoms with E-state index in [-0.39, 0.29) is 35.0 Å². The SMILES string of the molecule is CN1C=CN(C)[CH-]1.Cn1cc[n+](C)c1.[CH3-].[Cl-].[Cl][Ru+2][Cl]. The third-order valence-corrected chi connectivity index (χ3v) is 1.80. The predicted octanol–water partition coefficient (Wildman–Crippen LogP) is -0.866. The molecule has 0 radical (unpaired) electrons. The number of hydrogen-bond acceptors (Lipinski definition) is 2. The molecule has 0 bridgehead atoms. The van der Waals surface area contributed by atoms with Gasteiger partial charge in [0, 0.05) is 0 Å². The van der Waals surface area contributed by atoms with Gasteiger partial charge in [-0.15, -0.1) is 0 Å². The molecule has 2 rings (SSSR count). The number of rotatable bonds is 0. The molecule has 8 heteroatoms. The summed E-state index contributed by atoms with van der Waals surface area (Å²) in [6.45, 7) is 2.00. The van der Waals surface area contributed by atoms with Crippen LogP contribution in [0, 0.1) is 14.1 Å². The van der Waals surface area contributed by atoms with E-state index in [1.54, 1.807) is 0 Å². The zero-order valence-electron chi connectivity index (χ0n) is 11.7. The Labute approximate surface area is 139 Å². The van der Waals surface area contributed by atoms with Gasteiger partial charge in [0.1, 0.15) is 12.4 Å². The summed E-state index contributed by atoms with van der Waals surface area (Å²) in [6.07, 6.45) is 10.0. The summed E-state index contributed by atoms with van der Waals surface area (Å²) < 4.78 is 4.00. The molecule has 1 aliphatic heterocycles. The van der Waals surface area contributed by atoms with Gasteiger partial charge in [-0.2, -0.15) is 6.67 Å². The van der Waals surface area contributed by atoms with Crippen molar-refractivity contribution >= 4 is 19.4 Å². The Morgan fingerprint density at radius 1 is 1.11 bits per heavy atom. The van der Waals surface area contributed by atoms with Crippen molar-refractivity contribution in [1.82, 2.24) is 14.4 Å². The zero-order chi connectivity index (χ0) is 13.3. The number of halogens is 3. The van der Waals surface area contributed by atoms with E-state index in [4.69, 9.17) is 19.4 Å². The van der Waals surface area contributed by atoms with Gasteiger partial charge in [-0.1, -0.05) is 0 Å².